The Hall–Kier alpha value is -1.64. The number of nitrogens with one attached hydrogen (secondary N) is 2. The summed E-state index contributed by atoms with van der Waals surface area (Å²) in [5, 5.41) is 11.4. The van der Waals surface area contributed by atoms with Gasteiger partial charge in [-0.2, -0.15) is 5.10 Å². The van der Waals surface area contributed by atoms with Crippen LogP contribution in [-0.2, 0) is 19.4 Å². The second kappa shape index (κ2) is 9.17. The van der Waals surface area contributed by atoms with E-state index in [0.29, 0.717) is 6.04 Å². The first-order valence-electron chi connectivity index (χ1n) is 8.57. The van der Waals surface area contributed by atoms with Crippen LogP contribution in [0.5, 0.6) is 0 Å². The van der Waals surface area contributed by atoms with Crippen molar-refractivity contribution in [1.29, 1.82) is 0 Å². The molecule has 1 aromatic carbocycles. The minimum absolute atomic E-state index is 0. The van der Waals surface area contributed by atoms with Gasteiger partial charge in [0.2, 0.25) is 0 Å². The van der Waals surface area contributed by atoms with Crippen LogP contribution in [0.25, 0.3) is 0 Å². The fourth-order valence-corrected chi connectivity index (χ4v) is 3.02. The number of hydrogen-bond donors (Lipinski definition) is 2. The van der Waals surface area contributed by atoms with E-state index in [1.54, 1.807) is 0 Å². The first kappa shape index (κ1) is 19.7. The van der Waals surface area contributed by atoms with Gasteiger partial charge in [-0.15, -0.1) is 24.0 Å². The highest BCUT2D eigenvalue weighted by Crippen LogP contribution is 2.12. The predicted octanol–water partition coefficient (Wildman–Crippen LogP) is 2.24. The van der Waals surface area contributed by atoms with E-state index < -0.39 is 0 Å². The molecule has 136 valence electrons. The molecule has 0 spiro atoms. The van der Waals surface area contributed by atoms with E-state index in [1.807, 2.05) is 18.7 Å². The van der Waals surface area contributed by atoms with Crippen LogP contribution in [0.3, 0.4) is 0 Å². The van der Waals surface area contributed by atoms with Gasteiger partial charge in [0, 0.05) is 26.1 Å². The van der Waals surface area contributed by atoms with Crippen molar-refractivity contribution in [3.05, 3.63) is 47.0 Å². The van der Waals surface area contributed by atoms with Crippen LogP contribution in [0, 0.1) is 13.8 Å². The number of aliphatic imine (C=N–C) groups is 1. The van der Waals surface area contributed by atoms with Crippen LogP contribution < -0.4 is 10.6 Å². The summed E-state index contributed by atoms with van der Waals surface area (Å²) in [7, 11) is 1.81. The standard InChI is InChI=1S/C18H26N6.HI/c1-13-4-6-15(7-5-13)10-11-20-18(19-3)22-16-8-9-17-21-14(2)23-24(17)12-16;/h4-7,16H,8-12H2,1-3H3,(H2,19,20,22);1H. The van der Waals surface area contributed by atoms with Gasteiger partial charge in [0.15, 0.2) is 5.96 Å². The van der Waals surface area contributed by atoms with Crippen LogP contribution >= 0.6 is 24.0 Å². The molecule has 0 bridgehead atoms. The normalized spacial score (nSPS) is 16.8. The summed E-state index contributed by atoms with van der Waals surface area (Å²) in [4.78, 5) is 8.79. The van der Waals surface area contributed by atoms with E-state index in [4.69, 9.17) is 0 Å². The van der Waals surface area contributed by atoms with Gasteiger partial charge >= 0.3 is 0 Å². The number of aromatic nitrogens is 3. The Kier molecular flexibility index (Phi) is 7.22. The van der Waals surface area contributed by atoms with Crippen LogP contribution in [0.1, 0.15) is 29.2 Å². The van der Waals surface area contributed by atoms with E-state index in [2.05, 4.69) is 56.9 Å². The Bertz CT molecular complexity index is 707. The quantitative estimate of drug-likeness (QED) is 0.423. The second-order valence-corrected chi connectivity index (χ2v) is 6.37. The average Bonchev–Trinajstić information content (AvgIpc) is 2.95. The van der Waals surface area contributed by atoms with Gasteiger partial charge in [-0.3, -0.25) is 4.99 Å². The number of fused-ring (bicyclic) bond motifs is 1. The van der Waals surface area contributed by atoms with Gasteiger partial charge in [0.1, 0.15) is 11.6 Å². The molecule has 0 radical (unpaired) electrons. The van der Waals surface area contributed by atoms with Crippen molar-refractivity contribution in [2.45, 2.75) is 45.7 Å². The van der Waals surface area contributed by atoms with Crippen LogP contribution in [-0.4, -0.2) is 40.4 Å². The molecule has 3 rings (SSSR count). The maximum Gasteiger partial charge on any atom is 0.191 e. The summed E-state index contributed by atoms with van der Waals surface area (Å²) < 4.78 is 2.01. The topological polar surface area (TPSA) is 67.1 Å². The van der Waals surface area contributed by atoms with Crippen molar-refractivity contribution in [1.82, 2.24) is 25.4 Å². The zero-order valence-electron chi connectivity index (χ0n) is 15.1. The molecule has 1 aliphatic heterocycles. The Labute approximate surface area is 166 Å². The zero-order chi connectivity index (χ0) is 16.9. The van der Waals surface area contributed by atoms with Crippen molar-refractivity contribution in [2.75, 3.05) is 13.6 Å². The summed E-state index contributed by atoms with van der Waals surface area (Å²) >= 11 is 0. The van der Waals surface area contributed by atoms with Crippen molar-refractivity contribution in [2.24, 2.45) is 4.99 Å². The Morgan fingerprint density at radius 2 is 2.04 bits per heavy atom. The van der Waals surface area contributed by atoms with Crippen molar-refractivity contribution in [3.8, 4) is 0 Å². The fraction of sp³-hybridized carbons (Fsp3) is 0.500. The lowest BCUT2D eigenvalue weighted by atomic mass is 10.1. The van der Waals surface area contributed by atoms with E-state index in [0.717, 1.165) is 50.0 Å². The molecule has 7 heteroatoms. The third kappa shape index (κ3) is 5.42. The molecule has 1 aliphatic rings. The summed E-state index contributed by atoms with van der Waals surface area (Å²) in [6.45, 7) is 5.76. The number of guanidine groups is 1. The SMILES string of the molecule is CN=C(NCCc1ccc(C)cc1)NC1CCc2nc(C)nn2C1.I. The molecule has 0 fully saturated rings. The summed E-state index contributed by atoms with van der Waals surface area (Å²) in [6.07, 6.45) is 2.99. The van der Waals surface area contributed by atoms with Crippen molar-refractivity contribution >= 4 is 29.9 Å². The zero-order valence-corrected chi connectivity index (χ0v) is 17.4. The van der Waals surface area contributed by atoms with Crippen LogP contribution in [0.15, 0.2) is 29.3 Å². The fourth-order valence-electron chi connectivity index (χ4n) is 3.02. The number of halogens is 1. The third-order valence-corrected chi connectivity index (χ3v) is 4.36. The number of rotatable bonds is 4. The van der Waals surface area contributed by atoms with E-state index in [1.165, 1.54) is 11.1 Å². The Morgan fingerprint density at radius 3 is 2.76 bits per heavy atom. The van der Waals surface area contributed by atoms with Gasteiger partial charge in [-0.25, -0.2) is 9.67 Å². The molecular formula is C18H27IN6. The van der Waals surface area contributed by atoms with Gasteiger partial charge in [0.05, 0.1) is 6.54 Å². The summed E-state index contributed by atoms with van der Waals surface area (Å²) in [5.41, 5.74) is 2.63. The molecule has 0 saturated carbocycles. The lowest BCUT2D eigenvalue weighted by Gasteiger charge is -2.25. The molecule has 2 aromatic rings. The maximum atomic E-state index is 4.45. The van der Waals surface area contributed by atoms with Crippen LogP contribution in [0.2, 0.25) is 0 Å². The second-order valence-electron chi connectivity index (χ2n) is 6.37. The Balaban J connectivity index is 0.00000225. The molecule has 1 aromatic heterocycles. The van der Waals surface area contributed by atoms with E-state index in [-0.39, 0.29) is 24.0 Å². The minimum atomic E-state index is 0. The first-order chi connectivity index (χ1) is 11.6. The van der Waals surface area contributed by atoms with Crippen molar-refractivity contribution < 1.29 is 0 Å². The van der Waals surface area contributed by atoms with Gasteiger partial charge < -0.3 is 10.6 Å². The average molecular weight is 454 g/mol. The van der Waals surface area contributed by atoms with Gasteiger partial charge in [0.25, 0.3) is 0 Å². The maximum absolute atomic E-state index is 4.45. The number of hydrogen-bond acceptors (Lipinski definition) is 3. The predicted molar refractivity (Wildman–Crippen MR) is 112 cm³/mol. The monoisotopic (exact) mass is 454 g/mol. The lowest BCUT2D eigenvalue weighted by molar-refractivity contribution is 0.392. The largest absolute Gasteiger partial charge is 0.356 e. The highest BCUT2D eigenvalue weighted by Gasteiger charge is 2.21. The number of benzene rings is 1. The third-order valence-electron chi connectivity index (χ3n) is 4.36. The molecule has 1 atom stereocenters. The van der Waals surface area contributed by atoms with Crippen LogP contribution in [0.4, 0.5) is 0 Å². The molecular weight excluding hydrogens is 427 g/mol. The lowest BCUT2D eigenvalue weighted by Crippen LogP contribution is -2.47. The molecule has 25 heavy (non-hydrogen) atoms. The smallest absolute Gasteiger partial charge is 0.191 e. The molecule has 2 N–H and O–H groups in total. The minimum Gasteiger partial charge on any atom is -0.356 e. The summed E-state index contributed by atoms with van der Waals surface area (Å²) in [6, 6.07) is 9.01. The summed E-state index contributed by atoms with van der Waals surface area (Å²) in [5.74, 6) is 2.80. The molecule has 0 saturated heterocycles. The highest BCUT2D eigenvalue weighted by atomic mass is 127. The molecule has 6 nitrogen and oxygen atoms in total. The first-order valence-corrected chi connectivity index (χ1v) is 8.57. The van der Waals surface area contributed by atoms with E-state index in [9.17, 15) is 0 Å². The van der Waals surface area contributed by atoms with Gasteiger partial charge in [-0.1, -0.05) is 29.8 Å². The Morgan fingerprint density at radius 1 is 1.28 bits per heavy atom. The number of aryl methyl sites for hydroxylation is 3. The number of nitrogens with zero attached hydrogens (tertiary/aromatic N) is 4. The molecule has 2 heterocycles. The van der Waals surface area contributed by atoms with Crippen molar-refractivity contribution in [3.63, 3.8) is 0 Å². The molecule has 0 amide bonds. The molecule has 1 unspecified atom stereocenters. The molecule has 0 aliphatic carbocycles. The van der Waals surface area contributed by atoms with Gasteiger partial charge in [-0.05, 0) is 32.3 Å². The highest BCUT2D eigenvalue weighted by molar-refractivity contribution is 14.0. The van der Waals surface area contributed by atoms with E-state index >= 15 is 0 Å².